The molecule has 0 aliphatic carbocycles. The van der Waals surface area contributed by atoms with Gasteiger partial charge in [0.1, 0.15) is 5.82 Å². The van der Waals surface area contributed by atoms with Crippen molar-refractivity contribution >= 4 is 5.91 Å². The molecular formula is C24H25F7N2O. The van der Waals surface area contributed by atoms with Gasteiger partial charge in [0.15, 0.2) is 0 Å². The maximum absolute atomic E-state index is 13.4. The number of alkyl halides is 6. The Morgan fingerprint density at radius 3 is 1.94 bits per heavy atom. The Morgan fingerprint density at radius 1 is 0.971 bits per heavy atom. The van der Waals surface area contributed by atoms with Crippen LogP contribution in [0, 0.1) is 5.82 Å². The SMILES string of the molecule is C[C@H](c1cc(C(F)(F)F)cc(C(F)(F)F)c1)N(C)C(=O)CC1(c2ccc(F)cc2)CCNCC1. The van der Waals surface area contributed by atoms with Gasteiger partial charge in [-0.05, 0) is 74.3 Å². The van der Waals surface area contributed by atoms with E-state index in [1.165, 1.54) is 31.0 Å². The Kier molecular flexibility index (Phi) is 7.31. The van der Waals surface area contributed by atoms with Crippen LogP contribution in [0.15, 0.2) is 42.5 Å². The van der Waals surface area contributed by atoms with E-state index >= 15 is 0 Å². The van der Waals surface area contributed by atoms with Crippen LogP contribution < -0.4 is 5.32 Å². The summed E-state index contributed by atoms with van der Waals surface area (Å²) >= 11 is 0. The van der Waals surface area contributed by atoms with Gasteiger partial charge in [-0.3, -0.25) is 4.79 Å². The maximum atomic E-state index is 13.4. The van der Waals surface area contributed by atoms with Gasteiger partial charge in [0.2, 0.25) is 5.91 Å². The third-order valence-corrected chi connectivity index (χ3v) is 6.57. The van der Waals surface area contributed by atoms with Crippen LogP contribution in [0.4, 0.5) is 30.7 Å². The van der Waals surface area contributed by atoms with Crippen molar-refractivity contribution in [3.05, 3.63) is 70.5 Å². The van der Waals surface area contributed by atoms with Crippen molar-refractivity contribution in [3.8, 4) is 0 Å². The van der Waals surface area contributed by atoms with Crippen molar-refractivity contribution in [2.45, 2.75) is 50.0 Å². The van der Waals surface area contributed by atoms with Gasteiger partial charge < -0.3 is 10.2 Å². The highest BCUT2D eigenvalue weighted by Crippen LogP contribution is 2.40. The zero-order chi connectivity index (χ0) is 25.3. The van der Waals surface area contributed by atoms with Gasteiger partial charge in [0.25, 0.3) is 0 Å². The van der Waals surface area contributed by atoms with E-state index in [2.05, 4.69) is 5.32 Å². The number of amides is 1. The number of halogens is 7. The molecule has 0 aromatic heterocycles. The summed E-state index contributed by atoms with van der Waals surface area (Å²) in [7, 11) is 1.36. The Hall–Kier alpha value is -2.62. The summed E-state index contributed by atoms with van der Waals surface area (Å²) in [4.78, 5) is 14.4. The van der Waals surface area contributed by atoms with E-state index in [1.54, 1.807) is 12.1 Å². The molecule has 1 saturated heterocycles. The van der Waals surface area contributed by atoms with Crippen LogP contribution in [-0.4, -0.2) is 30.9 Å². The number of nitrogens with one attached hydrogen (secondary N) is 1. The molecule has 34 heavy (non-hydrogen) atoms. The summed E-state index contributed by atoms with van der Waals surface area (Å²) in [6, 6.07) is 6.14. The molecule has 0 unspecified atom stereocenters. The number of carbonyl (C=O) groups is 1. The minimum absolute atomic E-state index is 0.00770. The standard InChI is InChI=1S/C24H25F7N2O/c1-15(16-11-18(23(26,27)28)13-19(12-16)24(29,30)31)33(2)21(34)14-22(7-9-32-10-8-22)17-3-5-20(25)6-4-17/h3-6,11-13,15,32H,7-10,14H2,1-2H3/t15-/m1/s1. The fourth-order valence-electron chi connectivity index (χ4n) is 4.35. The second-order valence-corrected chi connectivity index (χ2v) is 8.73. The number of piperidine rings is 1. The number of hydrogen-bond acceptors (Lipinski definition) is 2. The Bertz CT molecular complexity index is 977. The Balaban J connectivity index is 1.90. The molecule has 0 spiro atoms. The van der Waals surface area contributed by atoms with E-state index in [-0.39, 0.29) is 18.1 Å². The van der Waals surface area contributed by atoms with Crippen LogP contribution >= 0.6 is 0 Å². The largest absolute Gasteiger partial charge is 0.416 e. The lowest BCUT2D eigenvalue weighted by molar-refractivity contribution is -0.143. The number of nitrogens with zero attached hydrogens (tertiary/aromatic N) is 1. The summed E-state index contributed by atoms with van der Waals surface area (Å²) in [6.45, 7) is 2.62. The molecule has 1 aliphatic heterocycles. The average Bonchev–Trinajstić information content (AvgIpc) is 2.77. The second kappa shape index (κ2) is 9.56. The van der Waals surface area contributed by atoms with Gasteiger partial charge in [-0.15, -0.1) is 0 Å². The van der Waals surface area contributed by atoms with Gasteiger partial charge in [-0.25, -0.2) is 4.39 Å². The van der Waals surface area contributed by atoms with E-state index in [4.69, 9.17) is 0 Å². The minimum Gasteiger partial charge on any atom is -0.339 e. The van der Waals surface area contributed by atoms with Crippen molar-refractivity contribution < 1.29 is 35.5 Å². The predicted octanol–water partition coefficient (Wildman–Crippen LogP) is 6.09. The summed E-state index contributed by atoms with van der Waals surface area (Å²) in [5.41, 5.74) is -2.96. The fourth-order valence-corrected chi connectivity index (χ4v) is 4.35. The summed E-state index contributed by atoms with van der Waals surface area (Å²) in [5, 5.41) is 3.20. The molecule has 2 aromatic carbocycles. The van der Waals surface area contributed by atoms with Crippen LogP contribution in [0.1, 0.15) is 54.5 Å². The van der Waals surface area contributed by atoms with Crippen LogP contribution in [0.5, 0.6) is 0 Å². The zero-order valence-corrected chi connectivity index (χ0v) is 18.7. The normalized spacial score (nSPS) is 17.3. The van der Waals surface area contributed by atoms with E-state index in [9.17, 15) is 35.5 Å². The third kappa shape index (κ3) is 5.71. The van der Waals surface area contributed by atoms with E-state index in [1.807, 2.05) is 0 Å². The van der Waals surface area contributed by atoms with Crippen molar-refractivity contribution in [2.24, 2.45) is 0 Å². The van der Waals surface area contributed by atoms with Gasteiger partial charge in [0.05, 0.1) is 17.2 Å². The van der Waals surface area contributed by atoms with Gasteiger partial charge >= 0.3 is 12.4 Å². The monoisotopic (exact) mass is 490 g/mol. The quantitative estimate of drug-likeness (QED) is 0.515. The first-order valence-corrected chi connectivity index (χ1v) is 10.7. The lowest BCUT2D eigenvalue weighted by Crippen LogP contribution is -2.44. The lowest BCUT2D eigenvalue weighted by atomic mass is 9.70. The third-order valence-electron chi connectivity index (χ3n) is 6.57. The molecular weight excluding hydrogens is 465 g/mol. The highest BCUT2D eigenvalue weighted by atomic mass is 19.4. The molecule has 2 aromatic rings. The predicted molar refractivity (Wildman–Crippen MR) is 112 cm³/mol. The van der Waals surface area contributed by atoms with Crippen molar-refractivity contribution in [2.75, 3.05) is 20.1 Å². The van der Waals surface area contributed by atoms with Gasteiger partial charge in [-0.1, -0.05) is 12.1 Å². The molecule has 1 atom stereocenters. The highest BCUT2D eigenvalue weighted by molar-refractivity contribution is 5.78. The Labute approximate surface area is 192 Å². The van der Waals surface area contributed by atoms with Crippen LogP contribution in [0.2, 0.25) is 0 Å². The molecule has 1 fully saturated rings. The molecule has 1 N–H and O–H groups in total. The maximum Gasteiger partial charge on any atom is 0.416 e. The first kappa shape index (κ1) is 26.0. The van der Waals surface area contributed by atoms with Crippen molar-refractivity contribution in [1.29, 1.82) is 0 Å². The zero-order valence-electron chi connectivity index (χ0n) is 18.7. The Morgan fingerprint density at radius 2 is 1.47 bits per heavy atom. The van der Waals surface area contributed by atoms with Crippen LogP contribution in [0.3, 0.4) is 0 Å². The first-order chi connectivity index (χ1) is 15.7. The molecule has 0 bridgehead atoms. The molecule has 3 nitrogen and oxygen atoms in total. The van der Waals surface area contributed by atoms with Crippen molar-refractivity contribution in [1.82, 2.24) is 10.2 Å². The fraction of sp³-hybridized carbons (Fsp3) is 0.458. The summed E-state index contributed by atoms with van der Waals surface area (Å²) in [5.74, 6) is -0.848. The molecule has 10 heteroatoms. The highest BCUT2D eigenvalue weighted by Gasteiger charge is 2.39. The molecule has 186 valence electrons. The van der Waals surface area contributed by atoms with Crippen LogP contribution in [0.25, 0.3) is 0 Å². The van der Waals surface area contributed by atoms with Gasteiger partial charge in [0, 0.05) is 18.9 Å². The molecule has 0 radical (unpaired) electrons. The topological polar surface area (TPSA) is 32.3 Å². The van der Waals surface area contributed by atoms with Crippen molar-refractivity contribution in [3.63, 3.8) is 0 Å². The van der Waals surface area contributed by atoms with Crippen LogP contribution in [-0.2, 0) is 22.6 Å². The molecule has 3 rings (SSSR count). The van der Waals surface area contributed by atoms with E-state index in [0.717, 1.165) is 5.56 Å². The average molecular weight is 490 g/mol. The number of rotatable bonds is 5. The number of hydrogen-bond donors (Lipinski definition) is 1. The molecule has 1 amide bonds. The molecule has 1 aliphatic rings. The van der Waals surface area contributed by atoms with Gasteiger partial charge in [-0.2, -0.15) is 26.3 Å². The lowest BCUT2D eigenvalue weighted by Gasteiger charge is -2.39. The number of benzene rings is 2. The summed E-state index contributed by atoms with van der Waals surface area (Å²) in [6.07, 6.45) is -8.80. The van der Waals surface area contributed by atoms with E-state index < -0.39 is 46.7 Å². The second-order valence-electron chi connectivity index (χ2n) is 8.73. The minimum atomic E-state index is -4.97. The first-order valence-electron chi connectivity index (χ1n) is 10.7. The summed E-state index contributed by atoms with van der Waals surface area (Å²) < 4.78 is 93.0. The van der Waals surface area contributed by atoms with E-state index in [0.29, 0.717) is 38.1 Å². The molecule has 0 saturated carbocycles. The number of carbonyl (C=O) groups excluding carboxylic acids is 1. The smallest absolute Gasteiger partial charge is 0.339 e. The molecule has 1 heterocycles.